The van der Waals surface area contributed by atoms with Crippen molar-refractivity contribution >= 4 is 0 Å². The van der Waals surface area contributed by atoms with Crippen molar-refractivity contribution in [3.63, 3.8) is 0 Å². The zero-order valence-corrected chi connectivity index (χ0v) is 12.4. The Kier molecular flexibility index (Phi) is 3.91. The van der Waals surface area contributed by atoms with Gasteiger partial charge in [0.1, 0.15) is 0 Å². The van der Waals surface area contributed by atoms with Gasteiger partial charge in [0.2, 0.25) is 0 Å². The maximum absolute atomic E-state index is 2.36. The molecule has 1 aliphatic rings. The van der Waals surface area contributed by atoms with Crippen LogP contribution in [0.25, 0.3) is 0 Å². The second kappa shape index (κ2) is 5.83. The van der Waals surface area contributed by atoms with Gasteiger partial charge in [-0.1, -0.05) is 74.0 Å². The van der Waals surface area contributed by atoms with Gasteiger partial charge in [-0.05, 0) is 48.1 Å². The Morgan fingerprint density at radius 1 is 0.950 bits per heavy atom. The maximum atomic E-state index is 2.36. The Hall–Kier alpha value is -1.56. The highest BCUT2D eigenvalue weighted by atomic mass is 14.4. The summed E-state index contributed by atoms with van der Waals surface area (Å²) < 4.78 is 0. The summed E-state index contributed by atoms with van der Waals surface area (Å²) in [4.78, 5) is 0. The first-order chi connectivity index (χ1) is 9.84. The van der Waals surface area contributed by atoms with Gasteiger partial charge in [0.15, 0.2) is 0 Å². The Bertz CT molecular complexity index is 528. The number of hydrogen-bond acceptors (Lipinski definition) is 0. The third-order valence-electron chi connectivity index (χ3n) is 5.18. The molecule has 2 aromatic carbocycles. The first kappa shape index (κ1) is 13.4. The minimum atomic E-state index is 0.389. The molecule has 0 spiro atoms. The first-order valence-electron chi connectivity index (χ1n) is 7.94. The van der Waals surface area contributed by atoms with Crippen molar-refractivity contribution in [1.29, 1.82) is 0 Å². The van der Waals surface area contributed by atoms with Crippen molar-refractivity contribution in [3.8, 4) is 0 Å². The van der Waals surface area contributed by atoms with Crippen LogP contribution in [0.5, 0.6) is 0 Å². The molecule has 0 N–H and O–H groups in total. The molecule has 0 heterocycles. The van der Waals surface area contributed by atoms with Crippen LogP contribution in [-0.4, -0.2) is 0 Å². The van der Waals surface area contributed by atoms with E-state index in [-0.39, 0.29) is 0 Å². The van der Waals surface area contributed by atoms with Crippen LogP contribution in [0.15, 0.2) is 60.7 Å². The number of benzene rings is 2. The standard InChI is InChI=1S/C20H24/c1-2-20(19-13-7-4-8-14-19)15-9-12-18(16-20)17-10-5-3-6-11-17/h3-8,10-11,13-14,18H,2,9,12,15-16H2,1H3. The maximum Gasteiger partial charge on any atom is -0.00438 e. The topological polar surface area (TPSA) is 0 Å². The minimum Gasteiger partial charge on any atom is -0.0645 e. The van der Waals surface area contributed by atoms with E-state index in [0.29, 0.717) is 5.41 Å². The average molecular weight is 264 g/mol. The minimum absolute atomic E-state index is 0.389. The predicted molar refractivity (Wildman–Crippen MR) is 86.1 cm³/mol. The van der Waals surface area contributed by atoms with Crippen molar-refractivity contribution in [2.75, 3.05) is 0 Å². The molecule has 2 atom stereocenters. The molecule has 0 heteroatoms. The highest BCUT2D eigenvalue weighted by Gasteiger charge is 2.36. The summed E-state index contributed by atoms with van der Waals surface area (Å²) >= 11 is 0. The molecule has 0 aromatic heterocycles. The largest absolute Gasteiger partial charge is 0.0645 e. The van der Waals surface area contributed by atoms with E-state index < -0.39 is 0 Å². The van der Waals surface area contributed by atoms with Gasteiger partial charge in [0, 0.05) is 0 Å². The second-order valence-electron chi connectivity index (χ2n) is 6.20. The molecule has 0 saturated heterocycles. The van der Waals surface area contributed by atoms with Crippen LogP contribution in [0.2, 0.25) is 0 Å². The van der Waals surface area contributed by atoms with Crippen LogP contribution in [0.1, 0.15) is 56.1 Å². The summed E-state index contributed by atoms with van der Waals surface area (Å²) in [7, 11) is 0. The molecule has 2 aromatic rings. The van der Waals surface area contributed by atoms with Crippen LogP contribution in [0.3, 0.4) is 0 Å². The molecular formula is C20H24. The van der Waals surface area contributed by atoms with Gasteiger partial charge in [0.05, 0.1) is 0 Å². The third kappa shape index (κ3) is 2.52. The van der Waals surface area contributed by atoms with Gasteiger partial charge in [0.25, 0.3) is 0 Å². The van der Waals surface area contributed by atoms with Gasteiger partial charge in [-0.2, -0.15) is 0 Å². The Morgan fingerprint density at radius 3 is 2.25 bits per heavy atom. The first-order valence-corrected chi connectivity index (χ1v) is 7.94. The van der Waals surface area contributed by atoms with Crippen molar-refractivity contribution < 1.29 is 0 Å². The SMILES string of the molecule is CCC1(c2ccccc2)CCCC(c2ccccc2)C1. The number of hydrogen-bond donors (Lipinski definition) is 0. The van der Waals surface area contributed by atoms with Crippen molar-refractivity contribution in [3.05, 3.63) is 71.8 Å². The fraction of sp³-hybridized carbons (Fsp3) is 0.400. The fourth-order valence-corrected chi connectivity index (χ4v) is 3.95. The molecule has 20 heavy (non-hydrogen) atoms. The lowest BCUT2D eigenvalue weighted by atomic mass is 9.63. The Balaban J connectivity index is 1.90. The molecule has 0 bridgehead atoms. The van der Waals surface area contributed by atoms with Gasteiger partial charge in [-0.15, -0.1) is 0 Å². The predicted octanol–water partition coefficient (Wildman–Crippen LogP) is 5.69. The fourth-order valence-electron chi connectivity index (χ4n) is 3.95. The summed E-state index contributed by atoms with van der Waals surface area (Å²) in [6.45, 7) is 2.36. The lowest BCUT2D eigenvalue weighted by Crippen LogP contribution is -2.31. The molecule has 104 valence electrons. The third-order valence-corrected chi connectivity index (χ3v) is 5.18. The van der Waals surface area contributed by atoms with Crippen molar-refractivity contribution in [1.82, 2.24) is 0 Å². The quantitative estimate of drug-likeness (QED) is 0.668. The lowest BCUT2D eigenvalue weighted by Gasteiger charge is -2.41. The smallest absolute Gasteiger partial charge is 0.00438 e. The summed E-state index contributed by atoms with van der Waals surface area (Å²) in [5.74, 6) is 0.727. The van der Waals surface area contributed by atoms with Crippen LogP contribution < -0.4 is 0 Å². The molecule has 0 nitrogen and oxygen atoms in total. The molecule has 2 unspecified atom stereocenters. The summed E-state index contributed by atoms with van der Waals surface area (Å²) in [5, 5.41) is 0. The normalized spacial score (nSPS) is 26.4. The molecule has 0 aliphatic heterocycles. The van der Waals surface area contributed by atoms with Crippen LogP contribution in [0, 0.1) is 0 Å². The van der Waals surface area contributed by atoms with E-state index in [1.165, 1.54) is 37.7 Å². The summed E-state index contributed by atoms with van der Waals surface area (Å²) in [6.07, 6.45) is 6.59. The van der Waals surface area contributed by atoms with E-state index in [1.54, 1.807) is 5.56 Å². The zero-order chi connectivity index (χ0) is 13.8. The Labute approximate surface area is 122 Å². The average Bonchev–Trinajstić information content (AvgIpc) is 2.56. The van der Waals surface area contributed by atoms with Crippen LogP contribution in [0.4, 0.5) is 0 Å². The lowest BCUT2D eigenvalue weighted by molar-refractivity contribution is 0.256. The molecule has 1 saturated carbocycles. The van der Waals surface area contributed by atoms with Gasteiger partial charge < -0.3 is 0 Å². The van der Waals surface area contributed by atoms with Crippen molar-refractivity contribution in [2.24, 2.45) is 0 Å². The molecule has 0 radical (unpaired) electrons. The van der Waals surface area contributed by atoms with Gasteiger partial charge in [-0.25, -0.2) is 0 Å². The van der Waals surface area contributed by atoms with Crippen molar-refractivity contribution in [2.45, 2.75) is 50.4 Å². The van der Waals surface area contributed by atoms with E-state index >= 15 is 0 Å². The van der Waals surface area contributed by atoms with E-state index in [1.807, 2.05) is 0 Å². The number of rotatable bonds is 3. The molecule has 1 aliphatic carbocycles. The zero-order valence-electron chi connectivity index (χ0n) is 12.4. The van der Waals surface area contributed by atoms with Gasteiger partial charge in [-0.3, -0.25) is 0 Å². The molecule has 3 rings (SSSR count). The van der Waals surface area contributed by atoms with E-state index in [9.17, 15) is 0 Å². The van der Waals surface area contributed by atoms with E-state index in [0.717, 1.165) is 5.92 Å². The van der Waals surface area contributed by atoms with Gasteiger partial charge >= 0.3 is 0 Å². The monoisotopic (exact) mass is 264 g/mol. The second-order valence-corrected chi connectivity index (χ2v) is 6.20. The highest BCUT2D eigenvalue weighted by Crippen LogP contribution is 2.47. The summed E-state index contributed by atoms with van der Waals surface area (Å²) in [6, 6.07) is 22.3. The van der Waals surface area contributed by atoms with E-state index in [4.69, 9.17) is 0 Å². The van der Waals surface area contributed by atoms with Crippen LogP contribution >= 0.6 is 0 Å². The van der Waals surface area contributed by atoms with E-state index in [2.05, 4.69) is 67.6 Å². The molecule has 1 fully saturated rings. The highest BCUT2D eigenvalue weighted by molar-refractivity contribution is 5.29. The Morgan fingerprint density at radius 2 is 1.60 bits per heavy atom. The molecule has 0 amide bonds. The molecular weight excluding hydrogens is 240 g/mol. The summed E-state index contributed by atoms with van der Waals surface area (Å²) in [5.41, 5.74) is 3.46. The van der Waals surface area contributed by atoms with Crippen LogP contribution in [-0.2, 0) is 5.41 Å².